The third-order valence-corrected chi connectivity index (χ3v) is 0.905. The molecule has 0 aliphatic heterocycles. The SMILES string of the molecule is O=CCC(=O)CO[SiH3]. The van der Waals surface area contributed by atoms with Gasteiger partial charge in [0.2, 0.25) is 0 Å². The third-order valence-electron chi connectivity index (χ3n) is 0.616. The van der Waals surface area contributed by atoms with Crippen LogP contribution >= 0.6 is 0 Å². The van der Waals surface area contributed by atoms with Crippen molar-refractivity contribution >= 4 is 22.6 Å². The smallest absolute Gasteiger partial charge is 0.164 e. The molecule has 0 bridgehead atoms. The fraction of sp³-hybridized carbons (Fsp3) is 0.500. The Morgan fingerprint density at radius 3 is 2.75 bits per heavy atom. The van der Waals surface area contributed by atoms with E-state index in [1.807, 2.05) is 0 Å². The highest BCUT2D eigenvalue weighted by molar-refractivity contribution is 6.00. The van der Waals surface area contributed by atoms with Gasteiger partial charge in [0.25, 0.3) is 0 Å². The molecular formula is C4H8O3Si. The van der Waals surface area contributed by atoms with Crippen molar-refractivity contribution in [2.45, 2.75) is 6.42 Å². The Kier molecular flexibility index (Phi) is 4.39. The van der Waals surface area contributed by atoms with Crippen LogP contribution in [0, 0.1) is 0 Å². The molecule has 46 valence electrons. The first-order chi connectivity index (χ1) is 3.81. The van der Waals surface area contributed by atoms with Crippen LogP contribution < -0.4 is 0 Å². The first kappa shape index (κ1) is 7.52. The molecule has 0 aromatic carbocycles. The fourth-order valence-electron chi connectivity index (χ4n) is 0.313. The zero-order chi connectivity index (χ0) is 6.41. The van der Waals surface area contributed by atoms with Gasteiger partial charge >= 0.3 is 0 Å². The van der Waals surface area contributed by atoms with Crippen LogP contribution in [0.5, 0.6) is 0 Å². The van der Waals surface area contributed by atoms with E-state index in [9.17, 15) is 9.59 Å². The van der Waals surface area contributed by atoms with Crippen LogP contribution in [0.2, 0.25) is 0 Å². The summed E-state index contributed by atoms with van der Waals surface area (Å²) in [6, 6.07) is 0. The Balaban J connectivity index is 3.18. The van der Waals surface area contributed by atoms with Crippen molar-refractivity contribution in [2.75, 3.05) is 6.61 Å². The second-order valence-corrected chi connectivity index (χ2v) is 1.92. The molecule has 0 aromatic rings. The summed E-state index contributed by atoms with van der Waals surface area (Å²) in [6.45, 7) is 0.102. The monoisotopic (exact) mass is 132 g/mol. The van der Waals surface area contributed by atoms with Crippen molar-refractivity contribution in [1.29, 1.82) is 0 Å². The molecule has 0 aliphatic rings. The van der Waals surface area contributed by atoms with Gasteiger partial charge in [0.1, 0.15) is 16.8 Å². The summed E-state index contributed by atoms with van der Waals surface area (Å²) in [7, 11) is 0.557. The first-order valence-electron chi connectivity index (χ1n) is 2.25. The standard InChI is InChI=1S/C4H8O3Si/c5-2-1-4(6)3-7-8/h2H,1,3H2,8H3. The van der Waals surface area contributed by atoms with E-state index < -0.39 is 0 Å². The van der Waals surface area contributed by atoms with Crippen LogP contribution in [0.4, 0.5) is 0 Å². The van der Waals surface area contributed by atoms with Crippen molar-refractivity contribution < 1.29 is 14.0 Å². The molecule has 3 nitrogen and oxygen atoms in total. The Hall–Kier alpha value is -0.483. The molecule has 0 saturated carbocycles. The van der Waals surface area contributed by atoms with Crippen molar-refractivity contribution in [3.05, 3.63) is 0 Å². The topological polar surface area (TPSA) is 43.4 Å². The van der Waals surface area contributed by atoms with Gasteiger partial charge in [-0.05, 0) is 0 Å². The lowest BCUT2D eigenvalue weighted by Crippen LogP contribution is -2.06. The average molecular weight is 132 g/mol. The number of hydrogen-bond donors (Lipinski definition) is 0. The lowest BCUT2D eigenvalue weighted by molar-refractivity contribution is -0.123. The molecule has 0 amide bonds. The number of aldehydes is 1. The summed E-state index contributed by atoms with van der Waals surface area (Å²) in [5.74, 6) is -0.144. The predicted octanol–water partition coefficient (Wildman–Crippen LogP) is -1.56. The summed E-state index contributed by atoms with van der Waals surface area (Å²) >= 11 is 0. The quantitative estimate of drug-likeness (QED) is 0.264. The number of rotatable bonds is 4. The van der Waals surface area contributed by atoms with Crippen molar-refractivity contribution in [3.8, 4) is 0 Å². The van der Waals surface area contributed by atoms with Gasteiger partial charge in [-0.3, -0.25) is 4.79 Å². The van der Waals surface area contributed by atoms with E-state index in [0.29, 0.717) is 16.8 Å². The van der Waals surface area contributed by atoms with Gasteiger partial charge in [-0.15, -0.1) is 0 Å². The second kappa shape index (κ2) is 4.67. The van der Waals surface area contributed by atoms with Crippen LogP contribution in [0.25, 0.3) is 0 Å². The van der Waals surface area contributed by atoms with Crippen LogP contribution in [0.3, 0.4) is 0 Å². The zero-order valence-electron chi connectivity index (χ0n) is 4.72. The summed E-state index contributed by atoms with van der Waals surface area (Å²) < 4.78 is 4.59. The van der Waals surface area contributed by atoms with E-state index in [-0.39, 0.29) is 18.8 Å². The highest BCUT2D eigenvalue weighted by atomic mass is 28.2. The molecule has 0 aromatic heterocycles. The van der Waals surface area contributed by atoms with Crippen molar-refractivity contribution in [3.63, 3.8) is 0 Å². The largest absolute Gasteiger partial charge is 0.421 e. The Labute approximate surface area is 50.6 Å². The third kappa shape index (κ3) is 3.70. The molecule has 0 N–H and O–H groups in total. The molecule has 8 heavy (non-hydrogen) atoms. The lowest BCUT2D eigenvalue weighted by Gasteiger charge is -1.90. The average Bonchev–Trinajstić information content (AvgIpc) is 1.68. The minimum Gasteiger partial charge on any atom is -0.421 e. The highest BCUT2D eigenvalue weighted by Gasteiger charge is 1.95. The van der Waals surface area contributed by atoms with Crippen LogP contribution in [-0.4, -0.2) is 29.2 Å². The molecule has 0 atom stereocenters. The molecule has 4 heteroatoms. The Bertz CT molecular complexity index is 91.3. The first-order valence-corrected chi connectivity index (χ1v) is 3.07. The van der Waals surface area contributed by atoms with Crippen LogP contribution in [-0.2, 0) is 14.0 Å². The summed E-state index contributed by atoms with van der Waals surface area (Å²) in [4.78, 5) is 19.9. The second-order valence-electron chi connectivity index (χ2n) is 1.34. The molecule has 0 rings (SSSR count). The van der Waals surface area contributed by atoms with Gasteiger partial charge in [-0.1, -0.05) is 0 Å². The highest BCUT2D eigenvalue weighted by Crippen LogP contribution is 1.76. The van der Waals surface area contributed by atoms with E-state index in [1.54, 1.807) is 0 Å². The van der Waals surface area contributed by atoms with E-state index >= 15 is 0 Å². The maximum Gasteiger partial charge on any atom is 0.164 e. The van der Waals surface area contributed by atoms with E-state index in [0.717, 1.165) is 0 Å². The summed E-state index contributed by atoms with van der Waals surface area (Å²) in [5.41, 5.74) is 0. The molecule has 0 heterocycles. The number of hydrogen-bond acceptors (Lipinski definition) is 3. The predicted molar refractivity (Wildman–Crippen MR) is 31.6 cm³/mol. The van der Waals surface area contributed by atoms with E-state index in [4.69, 9.17) is 0 Å². The Morgan fingerprint density at radius 2 is 2.38 bits per heavy atom. The maximum atomic E-state index is 10.3. The van der Waals surface area contributed by atoms with Gasteiger partial charge < -0.3 is 9.22 Å². The molecule has 0 fully saturated rings. The lowest BCUT2D eigenvalue weighted by atomic mass is 10.3. The minimum atomic E-state index is -0.144. The zero-order valence-corrected chi connectivity index (χ0v) is 6.72. The summed E-state index contributed by atoms with van der Waals surface area (Å²) in [5, 5.41) is 0. The number of ketones is 1. The van der Waals surface area contributed by atoms with Gasteiger partial charge in [0.15, 0.2) is 5.78 Å². The van der Waals surface area contributed by atoms with Gasteiger partial charge in [-0.25, -0.2) is 0 Å². The van der Waals surface area contributed by atoms with Crippen LogP contribution in [0.1, 0.15) is 6.42 Å². The molecule has 0 saturated heterocycles. The number of Topliss-reactive ketones (excluding diaryl/α,β-unsaturated/α-hetero) is 1. The fourth-order valence-corrected chi connectivity index (χ4v) is 0.635. The van der Waals surface area contributed by atoms with E-state index in [2.05, 4.69) is 4.43 Å². The molecule has 0 aliphatic carbocycles. The molecular weight excluding hydrogens is 124 g/mol. The van der Waals surface area contributed by atoms with Gasteiger partial charge in [-0.2, -0.15) is 0 Å². The molecule has 0 radical (unpaired) electrons. The van der Waals surface area contributed by atoms with Gasteiger partial charge in [0, 0.05) is 0 Å². The van der Waals surface area contributed by atoms with Gasteiger partial charge in [0.05, 0.1) is 13.0 Å². The molecule has 0 unspecified atom stereocenters. The van der Waals surface area contributed by atoms with Crippen LogP contribution in [0.15, 0.2) is 0 Å². The summed E-state index contributed by atoms with van der Waals surface area (Å²) in [6.07, 6.45) is 0.575. The molecule has 0 spiro atoms. The maximum absolute atomic E-state index is 10.3. The number of carbonyl (C=O) groups is 2. The van der Waals surface area contributed by atoms with Crippen molar-refractivity contribution in [2.24, 2.45) is 0 Å². The normalized spacial score (nSPS) is 9.00. The van der Waals surface area contributed by atoms with Crippen molar-refractivity contribution in [1.82, 2.24) is 0 Å². The van der Waals surface area contributed by atoms with E-state index in [1.165, 1.54) is 0 Å². The minimum absolute atomic E-state index is 0.0117. The Morgan fingerprint density at radius 1 is 1.75 bits per heavy atom. The number of carbonyl (C=O) groups excluding carboxylic acids is 2.